The third-order valence-corrected chi connectivity index (χ3v) is 4.26. The van der Waals surface area contributed by atoms with Crippen LogP contribution in [-0.4, -0.2) is 43.0 Å². The molecule has 1 aliphatic rings. The molecular formula is C13H24N4S. The van der Waals surface area contributed by atoms with Gasteiger partial charge in [-0.15, -0.1) is 0 Å². The highest BCUT2D eigenvalue weighted by molar-refractivity contribution is 7.10. The highest BCUT2D eigenvalue weighted by Gasteiger charge is 2.32. The molecule has 1 heterocycles. The van der Waals surface area contributed by atoms with Crippen LogP contribution in [0.25, 0.3) is 0 Å². The summed E-state index contributed by atoms with van der Waals surface area (Å²) in [7, 11) is 4.24. The van der Waals surface area contributed by atoms with Crippen LogP contribution >= 0.6 is 11.5 Å². The molecule has 5 heteroatoms. The SMILES string of the molecule is CCCN(CCN(C)C)c1snc(N)c1C1CC1. The Kier molecular flexibility index (Phi) is 4.45. The third-order valence-electron chi connectivity index (χ3n) is 3.32. The summed E-state index contributed by atoms with van der Waals surface area (Å²) in [5.41, 5.74) is 7.36. The van der Waals surface area contributed by atoms with Crippen LogP contribution < -0.4 is 10.6 Å². The topological polar surface area (TPSA) is 45.4 Å². The molecule has 0 radical (unpaired) electrons. The van der Waals surface area contributed by atoms with Gasteiger partial charge in [0.15, 0.2) is 0 Å². The van der Waals surface area contributed by atoms with E-state index in [-0.39, 0.29) is 0 Å². The summed E-state index contributed by atoms with van der Waals surface area (Å²) in [6.07, 6.45) is 3.72. The van der Waals surface area contributed by atoms with Crippen LogP contribution in [0.4, 0.5) is 10.8 Å². The molecular weight excluding hydrogens is 244 g/mol. The maximum atomic E-state index is 6.03. The molecule has 4 nitrogen and oxygen atoms in total. The number of hydrogen-bond acceptors (Lipinski definition) is 5. The van der Waals surface area contributed by atoms with Gasteiger partial charge in [0.2, 0.25) is 0 Å². The Morgan fingerprint density at radius 1 is 1.28 bits per heavy atom. The number of hydrogen-bond donors (Lipinski definition) is 1. The first-order chi connectivity index (χ1) is 8.63. The van der Waals surface area contributed by atoms with Gasteiger partial charge in [0.05, 0.1) is 0 Å². The molecule has 0 saturated heterocycles. The number of nitrogens with zero attached hydrogens (tertiary/aromatic N) is 3. The molecule has 1 aliphatic carbocycles. The number of nitrogen functional groups attached to an aromatic ring is 1. The van der Waals surface area contributed by atoms with Crippen molar-refractivity contribution in [2.45, 2.75) is 32.1 Å². The first-order valence-corrected chi connectivity index (χ1v) is 7.55. The van der Waals surface area contributed by atoms with Gasteiger partial charge < -0.3 is 15.5 Å². The molecule has 0 spiro atoms. The molecule has 0 bridgehead atoms. The maximum Gasteiger partial charge on any atom is 0.142 e. The van der Waals surface area contributed by atoms with Crippen molar-refractivity contribution in [1.82, 2.24) is 9.27 Å². The van der Waals surface area contributed by atoms with Crippen LogP contribution in [0.15, 0.2) is 0 Å². The summed E-state index contributed by atoms with van der Waals surface area (Å²) < 4.78 is 4.37. The summed E-state index contributed by atoms with van der Waals surface area (Å²) in [5, 5.41) is 1.32. The fourth-order valence-corrected chi connectivity index (χ4v) is 3.14. The second kappa shape index (κ2) is 5.89. The van der Waals surface area contributed by atoms with Crippen LogP contribution in [0.1, 0.15) is 37.7 Å². The summed E-state index contributed by atoms with van der Waals surface area (Å²) in [5.74, 6) is 1.45. The van der Waals surface area contributed by atoms with Gasteiger partial charge in [-0.05, 0) is 50.8 Å². The lowest BCUT2D eigenvalue weighted by molar-refractivity contribution is 0.413. The fourth-order valence-electron chi connectivity index (χ4n) is 2.19. The second-order valence-electron chi connectivity index (χ2n) is 5.35. The van der Waals surface area contributed by atoms with Crippen LogP contribution in [0.3, 0.4) is 0 Å². The number of likely N-dealkylation sites (N-methyl/N-ethyl adjacent to an activating group) is 1. The van der Waals surface area contributed by atoms with Gasteiger partial charge in [-0.1, -0.05) is 6.92 Å². The zero-order chi connectivity index (χ0) is 13.1. The largest absolute Gasteiger partial charge is 0.383 e. The first-order valence-electron chi connectivity index (χ1n) is 6.78. The van der Waals surface area contributed by atoms with Gasteiger partial charge >= 0.3 is 0 Å². The molecule has 2 N–H and O–H groups in total. The van der Waals surface area contributed by atoms with Crippen molar-refractivity contribution < 1.29 is 0 Å². The predicted molar refractivity (Wildman–Crippen MR) is 79.6 cm³/mol. The van der Waals surface area contributed by atoms with Crippen molar-refractivity contribution in [3.8, 4) is 0 Å². The molecule has 2 rings (SSSR count). The van der Waals surface area contributed by atoms with Crippen molar-refractivity contribution in [1.29, 1.82) is 0 Å². The molecule has 0 aromatic carbocycles. The van der Waals surface area contributed by atoms with Crippen LogP contribution in [-0.2, 0) is 0 Å². The normalized spacial score (nSPS) is 15.3. The van der Waals surface area contributed by atoms with E-state index in [1.807, 2.05) is 0 Å². The van der Waals surface area contributed by atoms with E-state index < -0.39 is 0 Å². The Balaban J connectivity index is 2.13. The van der Waals surface area contributed by atoms with Crippen LogP contribution in [0, 0.1) is 0 Å². The summed E-state index contributed by atoms with van der Waals surface area (Å²) >= 11 is 1.58. The first kappa shape index (κ1) is 13.6. The molecule has 1 aromatic rings. The number of rotatable bonds is 7. The average Bonchev–Trinajstić information content (AvgIpc) is 3.08. The molecule has 1 saturated carbocycles. The quantitative estimate of drug-likeness (QED) is 0.824. The van der Waals surface area contributed by atoms with Crippen molar-refractivity contribution in [2.75, 3.05) is 44.4 Å². The van der Waals surface area contributed by atoms with E-state index in [1.54, 1.807) is 11.5 Å². The maximum absolute atomic E-state index is 6.03. The minimum absolute atomic E-state index is 0.678. The highest BCUT2D eigenvalue weighted by Crippen LogP contribution is 2.48. The molecule has 1 aromatic heterocycles. The van der Waals surface area contributed by atoms with E-state index in [4.69, 9.17) is 5.73 Å². The standard InChI is InChI=1S/C13H24N4S/c1-4-7-17(9-8-16(2)3)13-11(10-5-6-10)12(14)15-18-13/h10H,4-9H2,1-3H3,(H2,14,15). The molecule has 0 amide bonds. The molecule has 18 heavy (non-hydrogen) atoms. The molecule has 0 atom stereocenters. The van der Waals surface area contributed by atoms with Gasteiger partial charge in [0.25, 0.3) is 0 Å². The summed E-state index contributed by atoms with van der Waals surface area (Å²) in [6, 6.07) is 0. The minimum atomic E-state index is 0.678. The Bertz CT molecular complexity index is 384. The van der Waals surface area contributed by atoms with Crippen LogP contribution in [0.2, 0.25) is 0 Å². The molecule has 1 fully saturated rings. The summed E-state index contributed by atoms with van der Waals surface area (Å²) in [4.78, 5) is 4.69. The Morgan fingerprint density at radius 2 is 2.00 bits per heavy atom. The third kappa shape index (κ3) is 3.14. The number of aromatic nitrogens is 1. The highest BCUT2D eigenvalue weighted by atomic mass is 32.1. The van der Waals surface area contributed by atoms with Gasteiger partial charge in [-0.25, -0.2) is 0 Å². The number of anilines is 2. The Morgan fingerprint density at radius 3 is 2.56 bits per heavy atom. The van der Waals surface area contributed by atoms with Crippen molar-refractivity contribution in [3.05, 3.63) is 5.56 Å². The van der Waals surface area contributed by atoms with Gasteiger partial charge in [-0.2, -0.15) is 4.37 Å². The van der Waals surface area contributed by atoms with Gasteiger partial charge in [0, 0.05) is 25.2 Å². The zero-order valence-corrected chi connectivity index (χ0v) is 12.5. The monoisotopic (exact) mass is 268 g/mol. The second-order valence-corrected chi connectivity index (χ2v) is 6.10. The summed E-state index contributed by atoms with van der Waals surface area (Å²) in [6.45, 7) is 5.45. The van der Waals surface area contributed by atoms with Crippen molar-refractivity contribution >= 4 is 22.4 Å². The molecule has 0 unspecified atom stereocenters. The average molecular weight is 268 g/mol. The van der Waals surface area contributed by atoms with E-state index in [2.05, 4.69) is 35.2 Å². The van der Waals surface area contributed by atoms with E-state index in [0.717, 1.165) is 31.9 Å². The fraction of sp³-hybridized carbons (Fsp3) is 0.769. The van der Waals surface area contributed by atoms with Crippen LogP contribution in [0.5, 0.6) is 0 Å². The number of nitrogens with two attached hydrogens (primary N) is 1. The van der Waals surface area contributed by atoms with Crippen molar-refractivity contribution in [3.63, 3.8) is 0 Å². The van der Waals surface area contributed by atoms with E-state index in [0.29, 0.717) is 5.92 Å². The lowest BCUT2D eigenvalue weighted by atomic mass is 10.2. The van der Waals surface area contributed by atoms with E-state index >= 15 is 0 Å². The smallest absolute Gasteiger partial charge is 0.142 e. The predicted octanol–water partition coefficient (Wildman–Crippen LogP) is 2.38. The minimum Gasteiger partial charge on any atom is -0.383 e. The van der Waals surface area contributed by atoms with Gasteiger partial charge in [-0.3, -0.25) is 0 Å². The van der Waals surface area contributed by atoms with Gasteiger partial charge in [0.1, 0.15) is 10.8 Å². The van der Waals surface area contributed by atoms with Crippen molar-refractivity contribution in [2.24, 2.45) is 0 Å². The molecule has 0 aliphatic heterocycles. The lowest BCUT2D eigenvalue weighted by Crippen LogP contribution is -2.32. The Hall–Kier alpha value is -0.810. The van der Waals surface area contributed by atoms with E-state index in [9.17, 15) is 0 Å². The zero-order valence-electron chi connectivity index (χ0n) is 11.6. The molecule has 102 valence electrons. The van der Waals surface area contributed by atoms with E-state index in [1.165, 1.54) is 23.4 Å². The Labute approximate surface area is 114 Å². The lowest BCUT2D eigenvalue weighted by Gasteiger charge is -2.25.